The van der Waals surface area contributed by atoms with Crippen LogP contribution in [0.4, 0.5) is 0 Å². The van der Waals surface area contributed by atoms with Gasteiger partial charge in [0.25, 0.3) is 0 Å². The van der Waals surface area contributed by atoms with Gasteiger partial charge in [-0.05, 0) is 44.6 Å². The number of hydrogen-bond donors (Lipinski definition) is 2. The van der Waals surface area contributed by atoms with E-state index in [0.29, 0.717) is 6.54 Å². The molecule has 0 spiro atoms. The topological polar surface area (TPSA) is 64.1 Å². The molecule has 1 atom stereocenters. The van der Waals surface area contributed by atoms with Gasteiger partial charge in [-0.15, -0.1) is 24.0 Å². The van der Waals surface area contributed by atoms with Crippen molar-refractivity contribution in [3.8, 4) is 5.75 Å². The smallest absolute Gasteiger partial charge is 0.191 e. The van der Waals surface area contributed by atoms with E-state index in [1.54, 1.807) is 0 Å². The number of hydrogen-bond acceptors (Lipinski definition) is 4. The van der Waals surface area contributed by atoms with Gasteiger partial charge in [-0.3, -0.25) is 0 Å². The standard InChI is InChI=1S/C21H33N3O3.HI/c1-2-22-21(23-11-5-12-26-19-10-13-25-16-19)24-14-18-6-3-4-7-20(18)27-15-17-8-9-17;/h3-4,6-7,17,19H,2,5,8-16H2,1H3,(H2,22,23,24);1H. The molecule has 6 nitrogen and oxygen atoms in total. The zero-order chi connectivity index (χ0) is 18.7. The van der Waals surface area contributed by atoms with Crippen molar-refractivity contribution in [1.29, 1.82) is 0 Å². The number of rotatable bonds is 11. The first-order valence-corrected chi connectivity index (χ1v) is 10.3. The number of para-hydroxylation sites is 1. The maximum atomic E-state index is 5.98. The summed E-state index contributed by atoms with van der Waals surface area (Å²) in [4.78, 5) is 4.72. The predicted octanol–water partition coefficient (Wildman–Crippen LogP) is 3.34. The Morgan fingerprint density at radius 2 is 2.07 bits per heavy atom. The second-order valence-electron chi connectivity index (χ2n) is 7.19. The maximum Gasteiger partial charge on any atom is 0.191 e. The average Bonchev–Trinajstić information content (AvgIpc) is 3.38. The minimum atomic E-state index is 0. The lowest BCUT2D eigenvalue weighted by molar-refractivity contribution is 0.0420. The molecule has 28 heavy (non-hydrogen) atoms. The summed E-state index contributed by atoms with van der Waals surface area (Å²) in [5.74, 6) is 2.54. The number of aliphatic imine (C=N–C) groups is 1. The monoisotopic (exact) mass is 503 g/mol. The third kappa shape index (κ3) is 8.53. The van der Waals surface area contributed by atoms with Crippen LogP contribution in [0.3, 0.4) is 0 Å². The van der Waals surface area contributed by atoms with E-state index in [0.717, 1.165) is 75.5 Å². The van der Waals surface area contributed by atoms with Crippen LogP contribution in [0.2, 0.25) is 0 Å². The van der Waals surface area contributed by atoms with Gasteiger partial charge >= 0.3 is 0 Å². The van der Waals surface area contributed by atoms with E-state index in [-0.39, 0.29) is 30.1 Å². The van der Waals surface area contributed by atoms with Crippen molar-refractivity contribution >= 4 is 29.9 Å². The van der Waals surface area contributed by atoms with Crippen LogP contribution >= 0.6 is 24.0 Å². The van der Waals surface area contributed by atoms with Gasteiger partial charge in [-0.25, -0.2) is 4.99 Å². The van der Waals surface area contributed by atoms with Gasteiger partial charge in [0.05, 0.1) is 25.9 Å². The number of guanidine groups is 1. The van der Waals surface area contributed by atoms with E-state index in [9.17, 15) is 0 Å². The third-order valence-corrected chi connectivity index (χ3v) is 4.75. The van der Waals surface area contributed by atoms with Crippen LogP contribution in [0.25, 0.3) is 0 Å². The molecule has 1 aromatic rings. The lowest BCUT2D eigenvalue weighted by Gasteiger charge is -2.14. The molecule has 3 rings (SSSR count). The van der Waals surface area contributed by atoms with Gasteiger partial charge in [0, 0.05) is 31.9 Å². The first-order valence-electron chi connectivity index (χ1n) is 10.3. The predicted molar refractivity (Wildman–Crippen MR) is 123 cm³/mol. The van der Waals surface area contributed by atoms with Gasteiger partial charge in [0.1, 0.15) is 5.75 Å². The summed E-state index contributed by atoms with van der Waals surface area (Å²) < 4.78 is 17.1. The largest absolute Gasteiger partial charge is 0.493 e. The summed E-state index contributed by atoms with van der Waals surface area (Å²) >= 11 is 0. The molecule has 158 valence electrons. The first kappa shape index (κ1) is 23.2. The minimum Gasteiger partial charge on any atom is -0.493 e. The molecule has 2 N–H and O–H groups in total. The van der Waals surface area contributed by atoms with Gasteiger partial charge in [0.2, 0.25) is 0 Å². The van der Waals surface area contributed by atoms with Gasteiger partial charge in [-0.2, -0.15) is 0 Å². The number of nitrogens with zero attached hydrogens (tertiary/aromatic N) is 1. The summed E-state index contributed by atoms with van der Waals surface area (Å²) in [6.07, 6.45) is 4.83. The van der Waals surface area contributed by atoms with Gasteiger partial charge in [-0.1, -0.05) is 18.2 Å². The highest BCUT2D eigenvalue weighted by Gasteiger charge is 2.22. The molecular formula is C21H34IN3O3. The van der Waals surface area contributed by atoms with E-state index in [1.807, 2.05) is 18.2 Å². The van der Waals surface area contributed by atoms with Gasteiger partial charge in [0.15, 0.2) is 5.96 Å². The molecule has 0 aromatic heterocycles. The highest BCUT2D eigenvalue weighted by molar-refractivity contribution is 14.0. The number of benzene rings is 1. The summed E-state index contributed by atoms with van der Waals surface area (Å²) in [7, 11) is 0. The first-order chi connectivity index (χ1) is 13.3. The van der Waals surface area contributed by atoms with Crippen LogP contribution in [-0.4, -0.2) is 51.6 Å². The Balaban J connectivity index is 0.00000280. The molecule has 1 aliphatic heterocycles. The SMILES string of the molecule is CCNC(=NCc1ccccc1OCC1CC1)NCCCOC1CCOC1.I. The van der Waals surface area contributed by atoms with Crippen LogP contribution in [0.5, 0.6) is 5.75 Å². The second kappa shape index (κ2) is 13.2. The Morgan fingerprint density at radius 1 is 1.21 bits per heavy atom. The van der Waals surface area contributed by atoms with E-state index >= 15 is 0 Å². The fraction of sp³-hybridized carbons (Fsp3) is 0.667. The Kier molecular flexibility index (Phi) is 11.0. The van der Waals surface area contributed by atoms with Crippen molar-refractivity contribution in [1.82, 2.24) is 10.6 Å². The average molecular weight is 503 g/mol. The molecule has 1 unspecified atom stereocenters. The molecular weight excluding hydrogens is 469 g/mol. The second-order valence-corrected chi connectivity index (χ2v) is 7.19. The molecule has 7 heteroatoms. The fourth-order valence-corrected chi connectivity index (χ4v) is 2.95. The summed E-state index contributed by atoms with van der Waals surface area (Å²) in [6, 6.07) is 8.19. The maximum absolute atomic E-state index is 5.98. The summed E-state index contributed by atoms with van der Waals surface area (Å²) in [6.45, 7) is 7.48. The summed E-state index contributed by atoms with van der Waals surface area (Å²) in [5.41, 5.74) is 1.12. The van der Waals surface area contributed by atoms with Crippen LogP contribution in [0, 0.1) is 5.92 Å². The Hall–Kier alpha value is -1.06. The lowest BCUT2D eigenvalue weighted by Crippen LogP contribution is -2.38. The van der Waals surface area contributed by atoms with Crippen molar-refractivity contribution < 1.29 is 14.2 Å². The summed E-state index contributed by atoms with van der Waals surface area (Å²) in [5, 5.41) is 6.68. The Labute approximate surface area is 185 Å². The van der Waals surface area contributed by atoms with Crippen LogP contribution in [0.1, 0.15) is 38.2 Å². The highest BCUT2D eigenvalue weighted by Crippen LogP contribution is 2.30. The van der Waals surface area contributed by atoms with Crippen molar-refractivity contribution in [2.45, 2.75) is 45.3 Å². The quantitative estimate of drug-likeness (QED) is 0.210. The molecule has 2 aliphatic rings. The van der Waals surface area contributed by atoms with Crippen LogP contribution in [-0.2, 0) is 16.0 Å². The number of ether oxygens (including phenoxy) is 3. The van der Waals surface area contributed by atoms with Crippen molar-refractivity contribution in [3.05, 3.63) is 29.8 Å². The molecule has 0 bridgehead atoms. The van der Waals surface area contributed by atoms with Crippen molar-refractivity contribution in [2.24, 2.45) is 10.9 Å². The molecule has 0 amide bonds. The molecule has 1 saturated carbocycles. The molecule has 0 radical (unpaired) electrons. The Bertz CT molecular complexity index is 590. The van der Waals surface area contributed by atoms with Crippen molar-refractivity contribution in [3.63, 3.8) is 0 Å². The minimum absolute atomic E-state index is 0. The van der Waals surface area contributed by atoms with E-state index in [2.05, 4.69) is 23.6 Å². The lowest BCUT2D eigenvalue weighted by atomic mass is 10.2. The van der Waals surface area contributed by atoms with Crippen LogP contribution in [0.15, 0.2) is 29.3 Å². The fourth-order valence-electron chi connectivity index (χ4n) is 2.95. The normalized spacial score (nSPS) is 19.2. The van der Waals surface area contributed by atoms with E-state index in [1.165, 1.54) is 12.8 Å². The highest BCUT2D eigenvalue weighted by atomic mass is 127. The zero-order valence-electron chi connectivity index (χ0n) is 16.8. The van der Waals surface area contributed by atoms with Gasteiger partial charge < -0.3 is 24.8 Å². The molecule has 1 saturated heterocycles. The molecule has 1 aromatic carbocycles. The third-order valence-electron chi connectivity index (χ3n) is 4.75. The number of nitrogens with one attached hydrogen (secondary N) is 2. The molecule has 1 heterocycles. The Morgan fingerprint density at radius 3 is 2.82 bits per heavy atom. The molecule has 1 aliphatic carbocycles. The van der Waals surface area contributed by atoms with Crippen LogP contribution < -0.4 is 15.4 Å². The zero-order valence-corrected chi connectivity index (χ0v) is 19.2. The number of halogens is 1. The van der Waals surface area contributed by atoms with E-state index < -0.39 is 0 Å². The van der Waals surface area contributed by atoms with Crippen molar-refractivity contribution in [2.75, 3.05) is 39.5 Å². The molecule has 2 fully saturated rings. The van der Waals surface area contributed by atoms with E-state index in [4.69, 9.17) is 19.2 Å².